The van der Waals surface area contributed by atoms with Crippen LogP contribution in [-0.4, -0.2) is 5.11 Å². The predicted molar refractivity (Wildman–Crippen MR) is 83.9 cm³/mol. The van der Waals surface area contributed by atoms with E-state index in [1.54, 1.807) is 0 Å². The summed E-state index contributed by atoms with van der Waals surface area (Å²) in [5.41, 5.74) is 2.56. The average molecular weight is 262 g/mol. The van der Waals surface area contributed by atoms with Crippen molar-refractivity contribution in [3.63, 3.8) is 0 Å². The van der Waals surface area contributed by atoms with Crippen LogP contribution in [0.15, 0.2) is 18.2 Å². The van der Waals surface area contributed by atoms with Crippen LogP contribution in [0.4, 0.5) is 0 Å². The number of hydrogen-bond donors (Lipinski definition) is 1. The molecule has 0 aromatic heterocycles. The molecular weight excluding hydrogens is 232 g/mol. The summed E-state index contributed by atoms with van der Waals surface area (Å²) in [5, 5.41) is 10.1. The molecule has 0 unspecified atom stereocenters. The summed E-state index contributed by atoms with van der Waals surface area (Å²) in [6, 6.07) is 5.94. The largest absolute Gasteiger partial charge is 0.508 e. The van der Waals surface area contributed by atoms with Crippen LogP contribution in [0.5, 0.6) is 5.75 Å². The maximum absolute atomic E-state index is 10.1. The molecule has 0 bridgehead atoms. The first-order chi connectivity index (χ1) is 8.96. The van der Waals surface area contributed by atoms with Crippen molar-refractivity contribution in [3.05, 3.63) is 29.3 Å². The Morgan fingerprint density at radius 3 is 2.21 bits per heavy atom. The van der Waals surface area contributed by atoms with E-state index in [0.29, 0.717) is 5.75 Å². The van der Waals surface area contributed by atoms with Gasteiger partial charge in [-0.15, -0.1) is 0 Å². The topological polar surface area (TPSA) is 20.2 Å². The van der Waals surface area contributed by atoms with Crippen molar-refractivity contribution in [2.75, 3.05) is 0 Å². The smallest absolute Gasteiger partial charge is 0.119 e. The maximum atomic E-state index is 10.1. The van der Waals surface area contributed by atoms with Gasteiger partial charge >= 0.3 is 0 Å². The van der Waals surface area contributed by atoms with Gasteiger partial charge in [-0.05, 0) is 35.4 Å². The summed E-state index contributed by atoms with van der Waals surface area (Å²) in [7, 11) is 0. The quantitative estimate of drug-likeness (QED) is 0.635. The zero-order valence-corrected chi connectivity index (χ0v) is 13.1. The summed E-state index contributed by atoms with van der Waals surface area (Å²) in [4.78, 5) is 0. The Morgan fingerprint density at radius 2 is 1.58 bits per heavy atom. The fraction of sp³-hybridized carbons (Fsp3) is 0.667. The molecule has 1 nitrogen and oxygen atoms in total. The summed E-state index contributed by atoms with van der Waals surface area (Å²) in [6.07, 6.45) is 8.79. The van der Waals surface area contributed by atoms with Gasteiger partial charge in [0.1, 0.15) is 5.75 Å². The molecule has 0 fully saturated rings. The molecule has 0 aliphatic carbocycles. The zero-order valence-electron chi connectivity index (χ0n) is 13.1. The van der Waals surface area contributed by atoms with E-state index < -0.39 is 0 Å². The average Bonchev–Trinajstić information content (AvgIpc) is 2.33. The van der Waals surface area contributed by atoms with Crippen LogP contribution in [-0.2, 0) is 11.8 Å². The standard InChI is InChI=1S/C18H30O/c1-5-6-7-8-9-10-12-15-16(18(2,3)4)13-11-14-17(15)19/h11,13-14,19H,5-10,12H2,1-4H3. The predicted octanol–water partition coefficient (Wildman–Crippen LogP) is 5.59. The lowest BCUT2D eigenvalue weighted by molar-refractivity contribution is 0.459. The van der Waals surface area contributed by atoms with E-state index in [-0.39, 0.29) is 5.41 Å². The molecule has 0 saturated carbocycles. The van der Waals surface area contributed by atoms with Crippen molar-refractivity contribution in [2.45, 2.75) is 78.1 Å². The molecule has 0 heterocycles. The number of phenolic OH excluding ortho intramolecular Hbond substituents is 1. The van der Waals surface area contributed by atoms with Crippen molar-refractivity contribution in [2.24, 2.45) is 0 Å². The second-order valence-corrected chi connectivity index (χ2v) is 6.57. The highest BCUT2D eigenvalue weighted by atomic mass is 16.3. The highest BCUT2D eigenvalue weighted by Crippen LogP contribution is 2.32. The molecule has 0 amide bonds. The molecule has 1 aromatic rings. The SMILES string of the molecule is CCCCCCCCc1c(O)cccc1C(C)(C)C. The molecule has 1 rings (SSSR count). The van der Waals surface area contributed by atoms with E-state index in [1.165, 1.54) is 44.1 Å². The van der Waals surface area contributed by atoms with Crippen LogP contribution in [0.25, 0.3) is 0 Å². The molecule has 19 heavy (non-hydrogen) atoms. The minimum Gasteiger partial charge on any atom is -0.508 e. The third kappa shape index (κ3) is 5.26. The fourth-order valence-corrected chi connectivity index (χ4v) is 2.62. The van der Waals surface area contributed by atoms with E-state index in [1.807, 2.05) is 12.1 Å². The van der Waals surface area contributed by atoms with Gasteiger partial charge in [0.15, 0.2) is 0 Å². The number of rotatable bonds is 7. The normalized spacial score (nSPS) is 11.8. The summed E-state index contributed by atoms with van der Waals surface area (Å²) >= 11 is 0. The lowest BCUT2D eigenvalue weighted by atomic mass is 9.82. The minimum absolute atomic E-state index is 0.107. The van der Waals surface area contributed by atoms with Gasteiger partial charge in [0, 0.05) is 0 Å². The van der Waals surface area contributed by atoms with Gasteiger partial charge in [-0.2, -0.15) is 0 Å². The van der Waals surface area contributed by atoms with E-state index in [0.717, 1.165) is 12.0 Å². The van der Waals surface area contributed by atoms with Gasteiger partial charge in [-0.3, -0.25) is 0 Å². The van der Waals surface area contributed by atoms with E-state index in [4.69, 9.17) is 0 Å². The van der Waals surface area contributed by atoms with Crippen molar-refractivity contribution in [1.29, 1.82) is 0 Å². The second kappa shape index (κ2) is 7.57. The Balaban J connectivity index is 2.57. The van der Waals surface area contributed by atoms with E-state index >= 15 is 0 Å². The van der Waals surface area contributed by atoms with Crippen molar-refractivity contribution in [1.82, 2.24) is 0 Å². The lowest BCUT2D eigenvalue weighted by Gasteiger charge is -2.23. The highest BCUT2D eigenvalue weighted by Gasteiger charge is 2.19. The Bertz CT molecular complexity index is 374. The Labute approximate surface area is 119 Å². The van der Waals surface area contributed by atoms with E-state index in [2.05, 4.69) is 33.8 Å². The molecule has 0 saturated heterocycles. The zero-order chi connectivity index (χ0) is 14.3. The fourth-order valence-electron chi connectivity index (χ4n) is 2.62. The molecule has 0 aliphatic rings. The second-order valence-electron chi connectivity index (χ2n) is 6.57. The van der Waals surface area contributed by atoms with E-state index in [9.17, 15) is 5.11 Å². The number of phenols is 1. The molecule has 0 aliphatic heterocycles. The van der Waals surface area contributed by atoms with Gasteiger partial charge in [0.05, 0.1) is 0 Å². The number of benzene rings is 1. The summed E-state index contributed by atoms with van der Waals surface area (Å²) in [6.45, 7) is 8.89. The first-order valence-corrected chi connectivity index (χ1v) is 7.78. The lowest BCUT2D eigenvalue weighted by Crippen LogP contribution is -2.14. The van der Waals surface area contributed by atoms with Crippen molar-refractivity contribution in [3.8, 4) is 5.75 Å². The molecular formula is C18H30O. The van der Waals surface area contributed by atoms with Gasteiger partial charge < -0.3 is 5.11 Å². The molecule has 108 valence electrons. The Hall–Kier alpha value is -0.980. The number of hydrogen-bond acceptors (Lipinski definition) is 1. The third-order valence-corrected chi connectivity index (χ3v) is 3.74. The molecule has 0 spiro atoms. The minimum atomic E-state index is 0.107. The molecule has 1 N–H and O–H groups in total. The van der Waals surface area contributed by atoms with Crippen LogP contribution < -0.4 is 0 Å². The molecule has 1 aromatic carbocycles. The van der Waals surface area contributed by atoms with Crippen molar-refractivity contribution < 1.29 is 5.11 Å². The van der Waals surface area contributed by atoms with Crippen LogP contribution in [0.3, 0.4) is 0 Å². The third-order valence-electron chi connectivity index (χ3n) is 3.74. The Morgan fingerprint density at radius 1 is 0.947 bits per heavy atom. The molecule has 1 heteroatoms. The Kier molecular flexibility index (Phi) is 6.41. The first kappa shape index (κ1) is 16.1. The monoisotopic (exact) mass is 262 g/mol. The van der Waals surface area contributed by atoms with Crippen LogP contribution in [0, 0.1) is 0 Å². The number of unbranched alkanes of at least 4 members (excludes halogenated alkanes) is 5. The van der Waals surface area contributed by atoms with Gasteiger partial charge in [-0.25, -0.2) is 0 Å². The van der Waals surface area contributed by atoms with Crippen molar-refractivity contribution >= 4 is 0 Å². The van der Waals surface area contributed by atoms with Crippen LogP contribution >= 0.6 is 0 Å². The number of aromatic hydroxyl groups is 1. The van der Waals surface area contributed by atoms with Crippen LogP contribution in [0.2, 0.25) is 0 Å². The summed E-state index contributed by atoms with van der Waals surface area (Å²) < 4.78 is 0. The molecule has 0 atom stereocenters. The first-order valence-electron chi connectivity index (χ1n) is 7.78. The van der Waals surface area contributed by atoms with Crippen LogP contribution in [0.1, 0.15) is 77.3 Å². The highest BCUT2D eigenvalue weighted by molar-refractivity contribution is 5.42. The van der Waals surface area contributed by atoms with Gasteiger partial charge in [0.2, 0.25) is 0 Å². The summed E-state index contributed by atoms with van der Waals surface area (Å²) in [5.74, 6) is 0.473. The maximum Gasteiger partial charge on any atom is 0.119 e. The molecule has 0 radical (unpaired) electrons. The van der Waals surface area contributed by atoms with Gasteiger partial charge in [0.25, 0.3) is 0 Å². The van der Waals surface area contributed by atoms with Gasteiger partial charge in [-0.1, -0.05) is 71.9 Å².